The highest BCUT2D eigenvalue weighted by Crippen LogP contribution is 2.50. The second-order valence-corrected chi connectivity index (χ2v) is 11.3. The van der Waals surface area contributed by atoms with Gasteiger partial charge in [-0.3, -0.25) is 0 Å². The van der Waals surface area contributed by atoms with Gasteiger partial charge in [0, 0.05) is 40.1 Å². The van der Waals surface area contributed by atoms with Gasteiger partial charge in [-0.25, -0.2) is 19.9 Å². The summed E-state index contributed by atoms with van der Waals surface area (Å²) >= 11 is 0. The molecular weight excluding hydrogens is 526 g/mol. The number of aromatic nitrogens is 5. The van der Waals surface area contributed by atoms with Crippen molar-refractivity contribution in [1.29, 1.82) is 0 Å². The second-order valence-electron chi connectivity index (χ2n) is 11.3. The summed E-state index contributed by atoms with van der Waals surface area (Å²) in [5, 5.41) is 0. The average molecular weight is 558 g/mol. The van der Waals surface area contributed by atoms with E-state index >= 15 is 0 Å². The fourth-order valence-electron chi connectivity index (χ4n) is 5.89. The molecule has 208 valence electrons. The van der Waals surface area contributed by atoms with Crippen LogP contribution in [0.5, 0.6) is 0 Å². The first-order valence-corrected chi connectivity index (χ1v) is 14.5. The number of fused-ring (bicyclic) bond motifs is 4. The van der Waals surface area contributed by atoms with Gasteiger partial charge >= 0.3 is 0 Å². The van der Waals surface area contributed by atoms with Crippen LogP contribution in [0.1, 0.15) is 37.7 Å². The van der Waals surface area contributed by atoms with Gasteiger partial charge in [-0.15, -0.1) is 0 Å². The first-order valence-electron chi connectivity index (χ1n) is 14.5. The van der Waals surface area contributed by atoms with E-state index in [1.807, 2.05) is 79.9 Å². The maximum absolute atomic E-state index is 4.96. The number of hydrogen-bond acceptors (Lipinski definition) is 4. The Kier molecular flexibility index (Phi) is 6.43. The smallest absolute Gasteiger partial charge is 0.164 e. The third-order valence-corrected chi connectivity index (χ3v) is 8.21. The van der Waals surface area contributed by atoms with E-state index in [2.05, 4.69) is 67.4 Å². The van der Waals surface area contributed by atoms with Crippen LogP contribution in [-0.2, 0) is 5.41 Å². The van der Waals surface area contributed by atoms with Gasteiger partial charge in [0.2, 0.25) is 0 Å². The second kappa shape index (κ2) is 10.4. The van der Waals surface area contributed by atoms with E-state index in [0.29, 0.717) is 17.5 Å². The minimum absolute atomic E-state index is 0.216. The van der Waals surface area contributed by atoms with Crippen LogP contribution in [0.3, 0.4) is 0 Å². The number of benzene rings is 3. The summed E-state index contributed by atoms with van der Waals surface area (Å²) in [5.74, 6) is 1.86. The molecule has 0 fully saturated rings. The van der Waals surface area contributed by atoms with Crippen molar-refractivity contribution in [3.05, 3.63) is 145 Å². The number of allylic oxidation sites excluding steroid dienone is 5. The number of rotatable bonds is 6. The number of pyridine rings is 1. The number of imidazole rings is 1. The third-order valence-electron chi connectivity index (χ3n) is 8.21. The van der Waals surface area contributed by atoms with Gasteiger partial charge in [0.15, 0.2) is 17.5 Å². The highest BCUT2D eigenvalue weighted by molar-refractivity contribution is 5.85. The Hall–Kier alpha value is -5.42. The molecule has 0 bridgehead atoms. The van der Waals surface area contributed by atoms with Crippen molar-refractivity contribution < 1.29 is 0 Å². The molecule has 0 spiro atoms. The Bertz CT molecular complexity index is 2050. The van der Waals surface area contributed by atoms with Crippen molar-refractivity contribution in [2.45, 2.75) is 26.2 Å². The molecule has 5 heteroatoms. The zero-order valence-electron chi connectivity index (χ0n) is 24.5. The van der Waals surface area contributed by atoms with Gasteiger partial charge in [-0.1, -0.05) is 105 Å². The highest BCUT2D eigenvalue weighted by Gasteiger charge is 2.36. The summed E-state index contributed by atoms with van der Waals surface area (Å²) in [6, 6.07) is 29.4. The van der Waals surface area contributed by atoms with Gasteiger partial charge in [-0.05, 0) is 53.4 Å². The Morgan fingerprint density at radius 3 is 2.12 bits per heavy atom. The van der Waals surface area contributed by atoms with Crippen LogP contribution < -0.4 is 0 Å². The molecule has 0 saturated heterocycles. The lowest BCUT2D eigenvalue weighted by molar-refractivity contribution is 0.660. The summed E-state index contributed by atoms with van der Waals surface area (Å²) in [7, 11) is 0. The molecule has 0 aliphatic heterocycles. The normalized spacial score (nSPS) is 13.8. The van der Waals surface area contributed by atoms with E-state index in [9.17, 15) is 0 Å². The van der Waals surface area contributed by atoms with Gasteiger partial charge in [0.05, 0.1) is 5.69 Å². The molecular formula is C38H31N5. The van der Waals surface area contributed by atoms with Gasteiger partial charge in [0.1, 0.15) is 5.65 Å². The largest absolute Gasteiger partial charge is 0.306 e. The molecule has 7 rings (SSSR count). The van der Waals surface area contributed by atoms with Crippen LogP contribution in [-0.4, -0.2) is 24.3 Å². The Morgan fingerprint density at radius 2 is 1.42 bits per heavy atom. The zero-order valence-corrected chi connectivity index (χ0v) is 24.5. The van der Waals surface area contributed by atoms with Crippen LogP contribution in [0.4, 0.5) is 0 Å². The van der Waals surface area contributed by atoms with Crippen LogP contribution in [0, 0.1) is 0 Å². The maximum atomic E-state index is 4.96. The van der Waals surface area contributed by atoms with Crippen LogP contribution >= 0.6 is 0 Å². The summed E-state index contributed by atoms with van der Waals surface area (Å²) in [6.45, 7) is 10.6. The van der Waals surface area contributed by atoms with Gasteiger partial charge in [-0.2, -0.15) is 0 Å². The van der Waals surface area contributed by atoms with E-state index in [4.69, 9.17) is 19.9 Å². The van der Waals surface area contributed by atoms with E-state index in [-0.39, 0.29) is 5.41 Å². The number of hydrogen-bond donors (Lipinski definition) is 0. The number of nitrogens with zero attached hydrogens (tertiary/aromatic N) is 5. The molecule has 0 radical (unpaired) electrons. The predicted octanol–water partition coefficient (Wildman–Crippen LogP) is 8.97. The summed E-state index contributed by atoms with van der Waals surface area (Å²) in [6.07, 6.45) is 11.8. The van der Waals surface area contributed by atoms with Crippen LogP contribution in [0.25, 0.3) is 56.4 Å². The predicted molar refractivity (Wildman–Crippen MR) is 175 cm³/mol. The monoisotopic (exact) mass is 557 g/mol. The van der Waals surface area contributed by atoms with Crippen molar-refractivity contribution in [3.8, 4) is 45.2 Å². The molecule has 1 aliphatic carbocycles. The fraction of sp³-hybridized carbons (Fsp3) is 0.105. The first-order chi connectivity index (χ1) is 21.0. The topological polar surface area (TPSA) is 56.0 Å². The minimum Gasteiger partial charge on any atom is -0.306 e. The van der Waals surface area contributed by atoms with Crippen molar-refractivity contribution in [2.75, 3.05) is 0 Å². The molecule has 0 atom stereocenters. The van der Waals surface area contributed by atoms with E-state index in [0.717, 1.165) is 33.6 Å². The van der Waals surface area contributed by atoms with Crippen molar-refractivity contribution >= 4 is 11.2 Å². The molecule has 0 saturated carbocycles. The fourth-order valence-corrected chi connectivity index (χ4v) is 5.89. The van der Waals surface area contributed by atoms with Gasteiger partial charge in [0.25, 0.3) is 0 Å². The quantitative estimate of drug-likeness (QED) is 0.192. The maximum Gasteiger partial charge on any atom is 0.164 e. The third kappa shape index (κ3) is 4.59. The first kappa shape index (κ1) is 26.5. The zero-order chi connectivity index (χ0) is 29.6. The van der Waals surface area contributed by atoms with Crippen LogP contribution in [0.15, 0.2) is 128 Å². The lowest BCUT2D eigenvalue weighted by atomic mass is 9.81. The van der Waals surface area contributed by atoms with Crippen molar-refractivity contribution in [1.82, 2.24) is 24.3 Å². The molecule has 0 N–H and O–H groups in total. The Balaban J connectivity index is 1.33. The molecule has 1 aliphatic rings. The molecule has 5 nitrogen and oxygen atoms in total. The molecule has 3 heterocycles. The summed E-state index contributed by atoms with van der Waals surface area (Å²) in [5.41, 5.74) is 10.6. The minimum atomic E-state index is -0.216. The lowest BCUT2D eigenvalue weighted by Crippen LogP contribution is -2.15. The van der Waals surface area contributed by atoms with E-state index in [1.165, 1.54) is 22.3 Å². The Morgan fingerprint density at radius 1 is 0.744 bits per heavy atom. The summed E-state index contributed by atoms with van der Waals surface area (Å²) in [4.78, 5) is 19.6. The average Bonchev–Trinajstić information content (AvgIpc) is 3.58. The summed E-state index contributed by atoms with van der Waals surface area (Å²) < 4.78 is 2.06. The SMILES string of the molecule is C=C/C(=C\C=C/C)c1nc(-c2ccccc2)nc(-c2ccc3c(c2)C(C)(C)c2cc(-c4cn5ccccc5n4)ccc2-3)n1. The van der Waals surface area contributed by atoms with E-state index < -0.39 is 0 Å². The lowest BCUT2D eigenvalue weighted by Gasteiger charge is -2.22. The van der Waals surface area contributed by atoms with Crippen LogP contribution in [0.2, 0.25) is 0 Å². The molecule has 3 aromatic carbocycles. The molecule has 3 aromatic heterocycles. The van der Waals surface area contributed by atoms with Crippen molar-refractivity contribution in [3.63, 3.8) is 0 Å². The molecule has 43 heavy (non-hydrogen) atoms. The molecule has 0 amide bonds. The standard InChI is InChI=1S/C38H31N5/c1-5-7-13-25(6-2)35-40-36(26-14-9-8-10-15-26)42-37(41-35)28-18-20-30-29-19-17-27(22-31(29)38(3,4)32(30)23-28)33-24-43-21-12-11-16-34(43)39-33/h5-24H,2H2,1,3-4H3/b7-5-,25-13+. The van der Waals surface area contributed by atoms with Gasteiger partial charge < -0.3 is 4.40 Å². The highest BCUT2D eigenvalue weighted by atomic mass is 15.0. The molecule has 6 aromatic rings. The van der Waals surface area contributed by atoms with E-state index in [1.54, 1.807) is 6.08 Å². The Labute approximate surface area is 251 Å². The molecule has 0 unspecified atom stereocenters. The van der Waals surface area contributed by atoms with Crippen molar-refractivity contribution in [2.24, 2.45) is 0 Å².